The van der Waals surface area contributed by atoms with Crippen molar-refractivity contribution in [3.8, 4) is 0 Å². The van der Waals surface area contributed by atoms with Gasteiger partial charge in [-0.1, -0.05) is 6.08 Å². The molecular weight excluding hydrogens is 144 g/mol. The third kappa shape index (κ3) is 0.959. The number of aliphatic hydroxyl groups is 1. The van der Waals surface area contributed by atoms with Gasteiger partial charge in [0.2, 0.25) is 6.29 Å². The zero-order chi connectivity index (χ0) is 7.84. The predicted octanol–water partition coefficient (Wildman–Crippen LogP) is 0.588. The van der Waals surface area contributed by atoms with Gasteiger partial charge in [0, 0.05) is 5.57 Å². The Hall–Kier alpha value is -0.830. The number of fused-ring (bicyclic) bond motifs is 1. The van der Waals surface area contributed by atoms with Crippen LogP contribution in [0.3, 0.4) is 0 Å². The summed E-state index contributed by atoms with van der Waals surface area (Å²) in [5.41, 5.74) is 0.779. The lowest BCUT2D eigenvalue weighted by Crippen LogP contribution is -2.12. The maximum absolute atomic E-state index is 11.0. The number of hydrogen-bond donors (Lipinski definition) is 1. The Kier molecular flexibility index (Phi) is 1.46. The van der Waals surface area contributed by atoms with E-state index in [1.165, 1.54) is 0 Å². The van der Waals surface area contributed by atoms with Crippen LogP contribution in [-0.4, -0.2) is 17.4 Å². The fourth-order valence-corrected chi connectivity index (χ4v) is 1.69. The SMILES string of the molecule is O=C1OC(O)C2=CCCCC12. The molecule has 1 aliphatic carbocycles. The Bertz CT molecular complexity index is 219. The molecule has 2 aliphatic rings. The maximum atomic E-state index is 11.0. The molecule has 3 nitrogen and oxygen atoms in total. The number of ether oxygens (including phenoxy) is 1. The lowest BCUT2D eigenvalue weighted by molar-refractivity contribution is -0.154. The van der Waals surface area contributed by atoms with Gasteiger partial charge in [0.15, 0.2) is 0 Å². The molecule has 0 bridgehead atoms. The summed E-state index contributed by atoms with van der Waals surface area (Å²) < 4.78 is 4.66. The largest absolute Gasteiger partial charge is 0.431 e. The molecule has 1 aliphatic heterocycles. The number of esters is 1. The first-order valence-corrected chi connectivity index (χ1v) is 3.87. The average molecular weight is 154 g/mol. The van der Waals surface area contributed by atoms with E-state index in [0.717, 1.165) is 24.8 Å². The van der Waals surface area contributed by atoms with Crippen LogP contribution in [0.5, 0.6) is 0 Å². The molecule has 0 aromatic heterocycles. The second-order valence-corrected chi connectivity index (χ2v) is 2.98. The molecular formula is C8H10O3. The lowest BCUT2D eigenvalue weighted by Gasteiger charge is -2.12. The molecule has 2 unspecified atom stereocenters. The van der Waals surface area contributed by atoms with Crippen LogP contribution in [0.2, 0.25) is 0 Å². The van der Waals surface area contributed by atoms with Gasteiger partial charge in [0.25, 0.3) is 0 Å². The number of carbonyl (C=O) groups is 1. The van der Waals surface area contributed by atoms with Gasteiger partial charge in [-0.2, -0.15) is 0 Å². The molecule has 1 N–H and O–H groups in total. The number of aliphatic hydroxyl groups excluding tert-OH is 1. The maximum Gasteiger partial charge on any atom is 0.315 e. The molecule has 60 valence electrons. The molecule has 1 fully saturated rings. The van der Waals surface area contributed by atoms with Crippen LogP contribution in [0.4, 0.5) is 0 Å². The molecule has 0 radical (unpaired) electrons. The Morgan fingerprint density at radius 3 is 3.18 bits per heavy atom. The number of rotatable bonds is 0. The van der Waals surface area contributed by atoms with Crippen LogP contribution >= 0.6 is 0 Å². The van der Waals surface area contributed by atoms with Crippen molar-refractivity contribution in [1.82, 2.24) is 0 Å². The summed E-state index contributed by atoms with van der Waals surface area (Å²) in [5.74, 6) is -0.401. The average Bonchev–Trinajstić information content (AvgIpc) is 2.30. The van der Waals surface area contributed by atoms with E-state index in [4.69, 9.17) is 0 Å². The van der Waals surface area contributed by atoms with Crippen LogP contribution in [-0.2, 0) is 9.53 Å². The Labute approximate surface area is 64.7 Å². The molecule has 0 amide bonds. The van der Waals surface area contributed by atoms with Gasteiger partial charge in [0.1, 0.15) is 0 Å². The van der Waals surface area contributed by atoms with Crippen molar-refractivity contribution in [3.05, 3.63) is 11.6 Å². The van der Waals surface area contributed by atoms with Gasteiger partial charge >= 0.3 is 5.97 Å². The molecule has 0 aromatic carbocycles. The number of allylic oxidation sites excluding steroid dienone is 1. The van der Waals surface area contributed by atoms with Gasteiger partial charge in [-0.3, -0.25) is 4.79 Å². The normalized spacial score (nSPS) is 36.1. The van der Waals surface area contributed by atoms with Crippen LogP contribution in [0.1, 0.15) is 19.3 Å². The highest BCUT2D eigenvalue weighted by Gasteiger charge is 2.39. The van der Waals surface area contributed by atoms with Gasteiger partial charge in [0.05, 0.1) is 5.92 Å². The third-order valence-corrected chi connectivity index (χ3v) is 2.28. The van der Waals surface area contributed by atoms with E-state index >= 15 is 0 Å². The smallest absolute Gasteiger partial charge is 0.315 e. The third-order valence-electron chi connectivity index (χ3n) is 2.28. The van der Waals surface area contributed by atoms with E-state index in [9.17, 15) is 9.90 Å². The van der Waals surface area contributed by atoms with Gasteiger partial charge in [-0.15, -0.1) is 0 Å². The number of cyclic esters (lactones) is 1. The van der Waals surface area contributed by atoms with Crippen molar-refractivity contribution in [2.45, 2.75) is 25.6 Å². The fourth-order valence-electron chi connectivity index (χ4n) is 1.69. The number of carbonyl (C=O) groups excluding carboxylic acids is 1. The van der Waals surface area contributed by atoms with Gasteiger partial charge in [-0.25, -0.2) is 0 Å². The van der Waals surface area contributed by atoms with Crippen molar-refractivity contribution < 1.29 is 14.6 Å². The first kappa shape index (κ1) is 6.85. The van der Waals surface area contributed by atoms with Gasteiger partial charge < -0.3 is 9.84 Å². The fraction of sp³-hybridized carbons (Fsp3) is 0.625. The Morgan fingerprint density at radius 2 is 2.45 bits per heavy atom. The highest BCUT2D eigenvalue weighted by atomic mass is 16.6. The van der Waals surface area contributed by atoms with E-state index in [2.05, 4.69) is 4.74 Å². The van der Waals surface area contributed by atoms with Crippen LogP contribution in [0.15, 0.2) is 11.6 Å². The van der Waals surface area contributed by atoms with Crippen LogP contribution in [0.25, 0.3) is 0 Å². The van der Waals surface area contributed by atoms with Crippen molar-refractivity contribution in [2.24, 2.45) is 5.92 Å². The topological polar surface area (TPSA) is 46.5 Å². The van der Waals surface area contributed by atoms with E-state index in [1.807, 2.05) is 6.08 Å². The summed E-state index contributed by atoms with van der Waals surface area (Å²) in [5, 5.41) is 9.18. The lowest BCUT2D eigenvalue weighted by atomic mass is 9.89. The second-order valence-electron chi connectivity index (χ2n) is 2.98. The quantitative estimate of drug-likeness (QED) is 0.410. The highest BCUT2D eigenvalue weighted by molar-refractivity contribution is 5.79. The van der Waals surface area contributed by atoms with Crippen molar-refractivity contribution in [1.29, 1.82) is 0 Å². The molecule has 1 heterocycles. The summed E-state index contributed by atoms with van der Waals surface area (Å²) in [4.78, 5) is 11.0. The standard InChI is InChI=1S/C8H10O3/c9-7-5-3-1-2-4-6(5)8(10)11-7/h3,6-7,9H,1-2,4H2. The Morgan fingerprint density at radius 1 is 1.64 bits per heavy atom. The van der Waals surface area contributed by atoms with Gasteiger partial charge in [-0.05, 0) is 19.3 Å². The van der Waals surface area contributed by atoms with E-state index < -0.39 is 6.29 Å². The molecule has 0 spiro atoms. The minimum atomic E-state index is -0.951. The first-order chi connectivity index (χ1) is 5.29. The summed E-state index contributed by atoms with van der Waals surface area (Å²) in [6.07, 6.45) is 3.79. The molecule has 1 saturated heterocycles. The molecule has 11 heavy (non-hydrogen) atoms. The van der Waals surface area contributed by atoms with Crippen molar-refractivity contribution in [2.75, 3.05) is 0 Å². The Balaban J connectivity index is 2.29. The molecule has 3 heteroatoms. The number of hydrogen-bond acceptors (Lipinski definition) is 3. The van der Waals surface area contributed by atoms with Crippen LogP contribution < -0.4 is 0 Å². The van der Waals surface area contributed by atoms with E-state index in [1.54, 1.807) is 0 Å². The van der Waals surface area contributed by atoms with Crippen molar-refractivity contribution >= 4 is 5.97 Å². The van der Waals surface area contributed by atoms with E-state index in [-0.39, 0.29) is 11.9 Å². The van der Waals surface area contributed by atoms with Crippen molar-refractivity contribution in [3.63, 3.8) is 0 Å². The monoisotopic (exact) mass is 154 g/mol. The first-order valence-electron chi connectivity index (χ1n) is 3.87. The zero-order valence-electron chi connectivity index (χ0n) is 6.12. The summed E-state index contributed by atoms with van der Waals surface area (Å²) >= 11 is 0. The summed E-state index contributed by atoms with van der Waals surface area (Å²) in [6.45, 7) is 0. The highest BCUT2D eigenvalue weighted by Crippen LogP contribution is 2.34. The summed E-state index contributed by atoms with van der Waals surface area (Å²) in [7, 11) is 0. The van der Waals surface area contributed by atoms with Crippen LogP contribution in [0, 0.1) is 5.92 Å². The molecule has 2 rings (SSSR count). The molecule has 0 aromatic rings. The molecule has 0 saturated carbocycles. The minimum absolute atomic E-state index is 0.140. The zero-order valence-corrected chi connectivity index (χ0v) is 6.12. The predicted molar refractivity (Wildman–Crippen MR) is 37.5 cm³/mol. The molecule has 2 atom stereocenters. The minimum Gasteiger partial charge on any atom is -0.431 e. The second kappa shape index (κ2) is 2.34. The van der Waals surface area contributed by atoms with E-state index in [0.29, 0.717) is 0 Å². The summed E-state index contributed by atoms with van der Waals surface area (Å²) in [6, 6.07) is 0.